The number of carbonyl (C=O) groups excluding carboxylic acids is 1. The first-order chi connectivity index (χ1) is 7.06. The lowest BCUT2D eigenvalue weighted by Crippen LogP contribution is -2.53. The molecule has 2 N–H and O–H groups in total. The summed E-state index contributed by atoms with van der Waals surface area (Å²) in [6, 6.07) is 0.368. The highest BCUT2D eigenvalue weighted by atomic mass is 35.5. The average Bonchev–Trinajstić information content (AvgIpc) is 2.16. The van der Waals surface area contributed by atoms with Crippen LogP contribution < -0.4 is 10.6 Å². The van der Waals surface area contributed by atoms with Crippen molar-refractivity contribution < 1.29 is 9.53 Å². The standard InChI is InChI=1S/C11H22N2O2.ClH/c1-11(2)5-4-6-12-9(11)7-13-10(14)8-15-3;/h9,12H,4-8H2,1-3H3,(H,13,14);1H. The van der Waals surface area contributed by atoms with Gasteiger partial charge in [0.2, 0.25) is 5.91 Å². The summed E-state index contributed by atoms with van der Waals surface area (Å²) in [4.78, 5) is 11.2. The minimum Gasteiger partial charge on any atom is -0.375 e. The fraction of sp³-hybridized carbons (Fsp3) is 0.909. The van der Waals surface area contributed by atoms with E-state index < -0.39 is 0 Å². The van der Waals surface area contributed by atoms with Crippen LogP contribution >= 0.6 is 12.4 Å². The Morgan fingerprint density at radius 3 is 2.81 bits per heavy atom. The second-order valence-electron chi connectivity index (χ2n) is 4.84. The molecule has 1 saturated heterocycles. The normalized spacial score (nSPS) is 23.3. The van der Waals surface area contributed by atoms with Crippen LogP contribution in [0.15, 0.2) is 0 Å². The predicted molar refractivity (Wildman–Crippen MR) is 66.9 cm³/mol. The molecule has 4 nitrogen and oxygen atoms in total. The van der Waals surface area contributed by atoms with Crippen LogP contribution in [0, 0.1) is 5.41 Å². The summed E-state index contributed by atoms with van der Waals surface area (Å²) < 4.78 is 4.76. The lowest BCUT2D eigenvalue weighted by atomic mass is 9.77. The molecule has 0 aromatic heterocycles. The Kier molecular flexibility index (Phi) is 6.95. The van der Waals surface area contributed by atoms with Gasteiger partial charge in [0.05, 0.1) is 0 Å². The zero-order valence-electron chi connectivity index (χ0n) is 10.3. The maximum Gasteiger partial charge on any atom is 0.246 e. The maximum atomic E-state index is 11.2. The van der Waals surface area contributed by atoms with Crippen LogP contribution in [0.3, 0.4) is 0 Å². The lowest BCUT2D eigenvalue weighted by Gasteiger charge is -2.39. The average molecular weight is 251 g/mol. The van der Waals surface area contributed by atoms with Crippen LogP contribution in [0.1, 0.15) is 26.7 Å². The number of rotatable bonds is 4. The molecule has 1 fully saturated rings. The lowest BCUT2D eigenvalue weighted by molar-refractivity contribution is -0.125. The SMILES string of the molecule is COCC(=O)NCC1NCCCC1(C)C.Cl. The Morgan fingerprint density at radius 1 is 1.56 bits per heavy atom. The molecule has 1 aliphatic heterocycles. The van der Waals surface area contributed by atoms with Crippen LogP contribution in [-0.2, 0) is 9.53 Å². The van der Waals surface area contributed by atoms with Gasteiger partial charge in [-0.25, -0.2) is 0 Å². The van der Waals surface area contributed by atoms with Gasteiger partial charge in [-0.05, 0) is 24.8 Å². The fourth-order valence-corrected chi connectivity index (χ4v) is 2.02. The zero-order valence-corrected chi connectivity index (χ0v) is 11.2. The Labute approximate surface area is 104 Å². The Balaban J connectivity index is 0.00000225. The van der Waals surface area contributed by atoms with Gasteiger partial charge in [-0.1, -0.05) is 13.8 Å². The van der Waals surface area contributed by atoms with Crippen LogP contribution in [-0.4, -0.2) is 38.8 Å². The van der Waals surface area contributed by atoms with Crippen molar-refractivity contribution in [3.05, 3.63) is 0 Å². The molecule has 0 spiro atoms. The van der Waals surface area contributed by atoms with Crippen molar-refractivity contribution in [3.8, 4) is 0 Å². The van der Waals surface area contributed by atoms with Gasteiger partial charge in [0, 0.05) is 19.7 Å². The van der Waals surface area contributed by atoms with E-state index in [-0.39, 0.29) is 30.3 Å². The monoisotopic (exact) mass is 250 g/mol. The molecule has 0 aliphatic carbocycles. The van der Waals surface area contributed by atoms with Gasteiger partial charge < -0.3 is 15.4 Å². The van der Waals surface area contributed by atoms with Gasteiger partial charge >= 0.3 is 0 Å². The minimum atomic E-state index is -0.0410. The molecular formula is C11H23ClN2O2. The van der Waals surface area contributed by atoms with Crippen LogP contribution in [0.4, 0.5) is 0 Å². The van der Waals surface area contributed by atoms with Crippen molar-refractivity contribution >= 4 is 18.3 Å². The molecule has 16 heavy (non-hydrogen) atoms. The maximum absolute atomic E-state index is 11.2. The van der Waals surface area contributed by atoms with Crippen molar-refractivity contribution in [3.63, 3.8) is 0 Å². The molecule has 1 heterocycles. The second kappa shape index (κ2) is 7.09. The van der Waals surface area contributed by atoms with E-state index in [1.807, 2.05) is 0 Å². The van der Waals surface area contributed by atoms with E-state index in [4.69, 9.17) is 4.74 Å². The fourth-order valence-electron chi connectivity index (χ4n) is 2.02. The molecule has 1 unspecified atom stereocenters. The third kappa shape index (κ3) is 4.68. The predicted octanol–water partition coefficient (Wildman–Crippen LogP) is 0.949. The molecule has 96 valence electrons. The Morgan fingerprint density at radius 2 is 2.25 bits per heavy atom. The van der Waals surface area contributed by atoms with E-state index in [1.165, 1.54) is 20.0 Å². The van der Waals surface area contributed by atoms with E-state index >= 15 is 0 Å². The van der Waals surface area contributed by atoms with Crippen molar-refractivity contribution in [1.82, 2.24) is 10.6 Å². The summed E-state index contributed by atoms with van der Waals surface area (Å²) in [6.07, 6.45) is 2.43. The largest absolute Gasteiger partial charge is 0.375 e. The second-order valence-corrected chi connectivity index (χ2v) is 4.84. The summed E-state index contributed by atoms with van der Waals surface area (Å²) in [5.74, 6) is -0.0410. The molecular weight excluding hydrogens is 228 g/mol. The van der Waals surface area contributed by atoms with Crippen LogP contribution in [0.2, 0.25) is 0 Å². The van der Waals surface area contributed by atoms with Gasteiger partial charge in [0.25, 0.3) is 0 Å². The highest BCUT2D eigenvalue weighted by molar-refractivity contribution is 5.85. The summed E-state index contributed by atoms with van der Waals surface area (Å²) in [5, 5.41) is 6.33. The molecule has 1 rings (SSSR count). The molecule has 0 radical (unpaired) electrons. The van der Waals surface area contributed by atoms with Crippen molar-refractivity contribution in [1.29, 1.82) is 0 Å². The highest BCUT2D eigenvalue weighted by Gasteiger charge is 2.31. The third-order valence-electron chi connectivity index (χ3n) is 3.11. The summed E-state index contributed by atoms with van der Waals surface area (Å²) in [5.41, 5.74) is 0.263. The summed E-state index contributed by atoms with van der Waals surface area (Å²) >= 11 is 0. The first kappa shape index (κ1) is 15.7. The van der Waals surface area contributed by atoms with Crippen molar-refractivity contribution in [2.45, 2.75) is 32.7 Å². The van der Waals surface area contributed by atoms with E-state index in [0.29, 0.717) is 12.6 Å². The molecule has 0 bridgehead atoms. The molecule has 0 aromatic rings. The van der Waals surface area contributed by atoms with Gasteiger partial charge in [-0.2, -0.15) is 0 Å². The smallest absolute Gasteiger partial charge is 0.246 e. The zero-order chi connectivity index (χ0) is 11.3. The number of ether oxygens (including phenoxy) is 1. The van der Waals surface area contributed by atoms with Crippen molar-refractivity contribution in [2.75, 3.05) is 26.8 Å². The Hall–Kier alpha value is -0.320. The van der Waals surface area contributed by atoms with E-state index in [0.717, 1.165) is 6.54 Å². The first-order valence-electron chi connectivity index (χ1n) is 5.55. The third-order valence-corrected chi connectivity index (χ3v) is 3.11. The number of carbonyl (C=O) groups is 1. The van der Waals surface area contributed by atoms with E-state index in [2.05, 4.69) is 24.5 Å². The van der Waals surface area contributed by atoms with E-state index in [9.17, 15) is 4.79 Å². The molecule has 0 saturated carbocycles. The topological polar surface area (TPSA) is 50.4 Å². The summed E-state index contributed by atoms with van der Waals surface area (Å²) in [6.45, 7) is 6.37. The number of nitrogens with one attached hydrogen (secondary N) is 2. The molecule has 1 aliphatic rings. The van der Waals surface area contributed by atoms with Crippen LogP contribution in [0.5, 0.6) is 0 Å². The highest BCUT2D eigenvalue weighted by Crippen LogP contribution is 2.29. The number of hydrogen-bond donors (Lipinski definition) is 2. The summed E-state index contributed by atoms with van der Waals surface area (Å²) in [7, 11) is 1.53. The molecule has 5 heteroatoms. The quantitative estimate of drug-likeness (QED) is 0.781. The molecule has 1 atom stereocenters. The van der Waals surface area contributed by atoms with Crippen LogP contribution in [0.25, 0.3) is 0 Å². The van der Waals surface area contributed by atoms with Gasteiger partial charge in [0.15, 0.2) is 0 Å². The minimum absolute atomic E-state index is 0. The van der Waals surface area contributed by atoms with Crippen molar-refractivity contribution in [2.24, 2.45) is 5.41 Å². The number of hydrogen-bond acceptors (Lipinski definition) is 3. The number of piperidine rings is 1. The number of halogens is 1. The van der Waals surface area contributed by atoms with Gasteiger partial charge in [-0.3, -0.25) is 4.79 Å². The Bertz CT molecular complexity index is 222. The first-order valence-corrected chi connectivity index (χ1v) is 5.55. The van der Waals surface area contributed by atoms with E-state index in [1.54, 1.807) is 0 Å². The van der Waals surface area contributed by atoms with Gasteiger partial charge in [-0.15, -0.1) is 12.4 Å². The van der Waals surface area contributed by atoms with Gasteiger partial charge in [0.1, 0.15) is 6.61 Å². The molecule has 1 amide bonds. The molecule has 0 aromatic carbocycles. The number of amides is 1. The number of methoxy groups -OCH3 is 1.